The fourth-order valence-electron chi connectivity index (χ4n) is 6.48. The number of hydrogen-bond acceptors (Lipinski definition) is 9. The summed E-state index contributed by atoms with van der Waals surface area (Å²) in [5.74, 6) is 1.91. The summed E-state index contributed by atoms with van der Waals surface area (Å²) in [6.07, 6.45) is 8.58. The van der Waals surface area contributed by atoms with Gasteiger partial charge in [-0.25, -0.2) is 9.97 Å². The maximum Gasteiger partial charge on any atom is 0.226 e. The van der Waals surface area contributed by atoms with Gasteiger partial charge in [0.05, 0.1) is 36.9 Å². The molecule has 9 nitrogen and oxygen atoms in total. The molecule has 40 heavy (non-hydrogen) atoms. The van der Waals surface area contributed by atoms with E-state index in [9.17, 15) is 4.79 Å². The van der Waals surface area contributed by atoms with Gasteiger partial charge in [-0.1, -0.05) is 0 Å². The highest BCUT2D eigenvalue weighted by molar-refractivity contribution is 7.19. The number of nitrogens with one attached hydrogen (secondary N) is 1. The molecule has 0 spiro atoms. The van der Waals surface area contributed by atoms with Crippen LogP contribution in [-0.4, -0.2) is 83.9 Å². The summed E-state index contributed by atoms with van der Waals surface area (Å²) in [6, 6.07) is 4.39. The maximum atomic E-state index is 13.4. The molecule has 0 unspecified atom stereocenters. The summed E-state index contributed by atoms with van der Waals surface area (Å²) < 4.78 is 11.9. The van der Waals surface area contributed by atoms with Crippen LogP contribution in [0.3, 0.4) is 0 Å². The van der Waals surface area contributed by atoms with E-state index in [1.54, 1.807) is 17.7 Å². The molecule has 210 valence electrons. The first-order valence-corrected chi connectivity index (χ1v) is 15.4. The second-order valence-corrected chi connectivity index (χ2v) is 12.4. The minimum Gasteiger partial charge on any atom is -0.490 e. The number of morpholine rings is 1. The number of hydrogen-bond donors (Lipinski definition) is 1. The van der Waals surface area contributed by atoms with Gasteiger partial charge in [0.25, 0.3) is 0 Å². The van der Waals surface area contributed by atoms with Crippen LogP contribution in [-0.2, 0) is 28.9 Å². The molecule has 1 aromatic carbocycles. The maximum absolute atomic E-state index is 13.4. The third-order valence-corrected chi connectivity index (χ3v) is 9.86. The van der Waals surface area contributed by atoms with E-state index in [2.05, 4.69) is 39.2 Å². The van der Waals surface area contributed by atoms with Crippen LogP contribution in [0.5, 0.6) is 5.75 Å². The molecule has 0 bridgehead atoms. The Balaban J connectivity index is 1.14. The van der Waals surface area contributed by atoms with Crippen molar-refractivity contribution in [3.05, 3.63) is 40.0 Å². The Morgan fingerprint density at radius 2 is 2.12 bits per heavy atom. The number of fused-ring (bicyclic) bond motifs is 4. The molecular formula is C30H36N6O3S. The molecule has 0 saturated carbocycles. The number of benzene rings is 1. The van der Waals surface area contributed by atoms with Gasteiger partial charge in [-0.05, 0) is 80.9 Å². The Bertz CT molecular complexity index is 1450. The number of amides is 1. The summed E-state index contributed by atoms with van der Waals surface area (Å²) in [6.45, 7) is 8.60. The molecule has 2 fully saturated rings. The Morgan fingerprint density at radius 3 is 3.00 bits per heavy atom. The molecule has 1 aliphatic carbocycles. The Labute approximate surface area is 238 Å². The number of anilines is 2. The van der Waals surface area contributed by atoms with Crippen LogP contribution in [0.1, 0.15) is 47.8 Å². The van der Waals surface area contributed by atoms with Gasteiger partial charge in [-0.2, -0.15) is 0 Å². The molecule has 3 aromatic rings. The lowest BCUT2D eigenvalue weighted by molar-refractivity contribution is -0.143. The Kier molecular flexibility index (Phi) is 7.15. The lowest BCUT2D eigenvalue weighted by Crippen LogP contribution is -2.50. The Morgan fingerprint density at radius 1 is 1.23 bits per heavy atom. The first kappa shape index (κ1) is 25.9. The van der Waals surface area contributed by atoms with Crippen LogP contribution < -0.4 is 10.1 Å². The number of aromatic nitrogens is 2. The third-order valence-electron chi connectivity index (χ3n) is 8.70. The van der Waals surface area contributed by atoms with E-state index >= 15 is 0 Å². The molecule has 2 aromatic heterocycles. The summed E-state index contributed by atoms with van der Waals surface area (Å²) >= 11 is 1.70. The first-order chi connectivity index (χ1) is 19.6. The van der Waals surface area contributed by atoms with Gasteiger partial charge in [-0.15, -0.1) is 11.3 Å². The molecule has 4 aliphatic rings. The standard InChI is InChI=1S/C30H36N6O3S/c1-19-17-38-10-9-36(19)30(37)20-4-5-23-26(14-20)40-29-27(23)28(32-18-33-29)34-24-12-21-15-31-16-22(21)13-25(24)39-11-8-35-6-2-3-7-35/h12-13,15,18-20H,2-11,14,16-17H2,1H3,(H,32,33,34)/t19-,20+/m1/s1. The van der Waals surface area contributed by atoms with Gasteiger partial charge < -0.3 is 19.7 Å². The number of thiophene rings is 1. The van der Waals surface area contributed by atoms with E-state index in [0.717, 1.165) is 71.9 Å². The smallest absolute Gasteiger partial charge is 0.226 e. The normalized spacial score (nSPS) is 22.5. The highest BCUT2D eigenvalue weighted by Crippen LogP contribution is 2.42. The highest BCUT2D eigenvalue weighted by Gasteiger charge is 2.34. The zero-order chi connectivity index (χ0) is 27.1. The molecule has 0 radical (unpaired) electrons. The number of carbonyl (C=O) groups excluding carboxylic acids is 1. The second kappa shape index (κ2) is 11.1. The van der Waals surface area contributed by atoms with Gasteiger partial charge in [0.1, 0.15) is 29.3 Å². The van der Waals surface area contributed by atoms with Crippen molar-refractivity contribution < 1.29 is 14.3 Å². The average Bonchev–Trinajstić information content (AvgIpc) is 3.73. The third kappa shape index (κ3) is 4.97. The molecule has 10 heteroatoms. The number of aliphatic imine (C=N–C) groups is 1. The van der Waals surface area contributed by atoms with Crippen molar-refractivity contribution in [3.63, 3.8) is 0 Å². The topological polar surface area (TPSA) is 92.2 Å². The zero-order valence-electron chi connectivity index (χ0n) is 23.0. The van der Waals surface area contributed by atoms with Crippen molar-refractivity contribution in [2.45, 2.75) is 51.6 Å². The van der Waals surface area contributed by atoms with Crippen molar-refractivity contribution >= 4 is 45.2 Å². The number of ether oxygens (including phenoxy) is 2. The largest absolute Gasteiger partial charge is 0.490 e. The summed E-state index contributed by atoms with van der Waals surface area (Å²) in [4.78, 5) is 33.9. The molecule has 1 N–H and O–H groups in total. The predicted molar refractivity (Wildman–Crippen MR) is 157 cm³/mol. The van der Waals surface area contributed by atoms with Gasteiger partial charge in [0, 0.05) is 30.1 Å². The van der Waals surface area contributed by atoms with Crippen molar-refractivity contribution in [1.29, 1.82) is 0 Å². The molecule has 2 saturated heterocycles. The van der Waals surface area contributed by atoms with E-state index in [4.69, 9.17) is 14.5 Å². The quantitative estimate of drug-likeness (QED) is 0.463. The van der Waals surface area contributed by atoms with Gasteiger partial charge in [-0.3, -0.25) is 14.7 Å². The fraction of sp³-hybridized carbons (Fsp3) is 0.533. The van der Waals surface area contributed by atoms with Gasteiger partial charge in [0.2, 0.25) is 5.91 Å². The van der Waals surface area contributed by atoms with Crippen LogP contribution in [0, 0.1) is 5.92 Å². The average molecular weight is 561 g/mol. The minimum absolute atomic E-state index is 0.0112. The van der Waals surface area contributed by atoms with Crippen LogP contribution in [0.2, 0.25) is 0 Å². The van der Waals surface area contributed by atoms with Crippen molar-refractivity contribution in [2.75, 3.05) is 51.3 Å². The molecule has 1 amide bonds. The molecule has 7 rings (SSSR count). The van der Waals surface area contributed by atoms with Gasteiger partial charge >= 0.3 is 0 Å². The van der Waals surface area contributed by atoms with E-state index in [0.29, 0.717) is 32.9 Å². The van der Waals surface area contributed by atoms with Crippen LogP contribution in [0.25, 0.3) is 10.2 Å². The summed E-state index contributed by atoms with van der Waals surface area (Å²) in [5.41, 5.74) is 4.48. The predicted octanol–water partition coefficient (Wildman–Crippen LogP) is 4.19. The van der Waals surface area contributed by atoms with Crippen molar-refractivity contribution in [3.8, 4) is 5.75 Å². The van der Waals surface area contributed by atoms with E-state index in [1.807, 2.05) is 11.1 Å². The minimum atomic E-state index is 0.0112. The van der Waals surface area contributed by atoms with E-state index in [1.165, 1.54) is 28.8 Å². The molecule has 3 aliphatic heterocycles. The van der Waals surface area contributed by atoms with Crippen molar-refractivity contribution in [1.82, 2.24) is 19.8 Å². The fourth-order valence-corrected chi connectivity index (χ4v) is 7.75. The summed E-state index contributed by atoms with van der Waals surface area (Å²) in [5, 5.41) is 4.69. The monoisotopic (exact) mass is 560 g/mol. The number of nitrogens with zero attached hydrogens (tertiary/aromatic N) is 5. The number of rotatable bonds is 7. The number of aryl methyl sites for hydroxylation is 1. The highest BCUT2D eigenvalue weighted by atomic mass is 32.1. The zero-order valence-corrected chi connectivity index (χ0v) is 23.8. The Hall–Kier alpha value is -3.08. The van der Waals surface area contributed by atoms with Gasteiger partial charge in [0.15, 0.2) is 0 Å². The lowest BCUT2D eigenvalue weighted by atomic mass is 9.86. The number of likely N-dealkylation sites (tertiary alicyclic amines) is 1. The molecule has 5 heterocycles. The summed E-state index contributed by atoms with van der Waals surface area (Å²) in [7, 11) is 0. The van der Waals surface area contributed by atoms with Crippen LogP contribution >= 0.6 is 11.3 Å². The van der Waals surface area contributed by atoms with Crippen LogP contribution in [0.15, 0.2) is 23.5 Å². The van der Waals surface area contributed by atoms with Crippen LogP contribution in [0.4, 0.5) is 11.5 Å². The van der Waals surface area contributed by atoms with E-state index in [-0.39, 0.29) is 17.9 Å². The second-order valence-electron chi connectivity index (χ2n) is 11.3. The van der Waals surface area contributed by atoms with Crippen molar-refractivity contribution in [2.24, 2.45) is 10.9 Å². The SMILES string of the molecule is C[C@@H]1COCCN1C(=O)[C@H]1CCc2c(sc3ncnc(Nc4cc5c(cc4OCCN4CCCC4)CN=C5)c23)C1. The number of carbonyl (C=O) groups is 1. The first-order valence-electron chi connectivity index (χ1n) is 14.6. The van der Waals surface area contributed by atoms with E-state index < -0.39 is 0 Å². The molecular weight excluding hydrogens is 524 g/mol. The lowest BCUT2D eigenvalue weighted by Gasteiger charge is -2.36. The molecule has 2 atom stereocenters.